The van der Waals surface area contributed by atoms with Crippen LogP contribution < -0.4 is 0 Å². The van der Waals surface area contributed by atoms with Gasteiger partial charge in [-0.15, -0.1) is 0 Å². The molecule has 0 saturated carbocycles. The second-order valence-electron chi connectivity index (χ2n) is 5.02. The molecular weight excluding hydrogens is 290 g/mol. The molecular formula is C15H23NO4S. The molecule has 118 valence electrons. The summed E-state index contributed by atoms with van der Waals surface area (Å²) < 4.78 is 26.1. The maximum atomic E-state index is 12.5. The SMILES string of the molecule is CCC(C)c1ccc(S(=O)(=O)N(CC)CCC(=O)O)cc1. The number of aliphatic carboxylic acids is 1. The predicted molar refractivity (Wildman–Crippen MR) is 81.8 cm³/mol. The lowest BCUT2D eigenvalue weighted by atomic mass is 9.99. The molecule has 0 fully saturated rings. The van der Waals surface area contributed by atoms with E-state index in [-0.39, 0.29) is 24.4 Å². The van der Waals surface area contributed by atoms with E-state index in [4.69, 9.17) is 5.11 Å². The van der Waals surface area contributed by atoms with Crippen LogP contribution in [0.15, 0.2) is 29.2 Å². The minimum atomic E-state index is -3.63. The van der Waals surface area contributed by atoms with Gasteiger partial charge in [0.05, 0.1) is 11.3 Å². The fraction of sp³-hybridized carbons (Fsp3) is 0.533. The summed E-state index contributed by atoms with van der Waals surface area (Å²) in [6.07, 6.45) is 0.795. The summed E-state index contributed by atoms with van der Waals surface area (Å²) in [6.45, 7) is 6.12. The van der Waals surface area contributed by atoms with Crippen LogP contribution in [0.4, 0.5) is 0 Å². The number of hydrogen-bond acceptors (Lipinski definition) is 3. The Balaban J connectivity index is 2.97. The van der Waals surface area contributed by atoms with Gasteiger partial charge in [-0.1, -0.05) is 32.9 Å². The summed E-state index contributed by atoms with van der Waals surface area (Å²) in [6, 6.07) is 6.85. The van der Waals surface area contributed by atoms with Gasteiger partial charge in [-0.2, -0.15) is 4.31 Å². The number of hydrogen-bond donors (Lipinski definition) is 1. The number of benzene rings is 1. The molecule has 0 amide bonds. The van der Waals surface area contributed by atoms with Crippen molar-refractivity contribution >= 4 is 16.0 Å². The first-order chi connectivity index (χ1) is 9.82. The maximum Gasteiger partial charge on any atom is 0.304 e. The van der Waals surface area contributed by atoms with Crippen molar-refractivity contribution in [1.29, 1.82) is 0 Å². The van der Waals surface area contributed by atoms with Crippen molar-refractivity contribution in [3.8, 4) is 0 Å². The lowest BCUT2D eigenvalue weighted by Gasteiger charge is -2.20. The third kappa shape index (κ3) is 4.54. The molecule has 1 atom stereocenters. The molecule has 0 saturated heterocycles. The third-order valence-corrected chi connectivity index (χ3v) is 5.62. The van der Waals surface area contributed by atoms with Crippen molar-refractivity contribution in [1.82, 2.24) is 4.31 Å². The number of carboxylic acids is 1. The molecule has 1 rings (SSSR count). The first-order valence-corrected chi connectivity index (χ1v) is 8.58. The summed E-state index contributed by atoms with van der Waals surface area (Å²) in [5.74, 6) is -0.619. The first kappa shape index (κ1) is 17.7. The van der Waals surface area contributed by atoms with E-state index in [1.165, 1.54) is 4.31 Å². The van der Waals surface area contributed by atoms with Gasteiger partial charge in [-0.3, -0.25) is 4.79 Å². The van der Waals surface area contributed by atoms with E-state index in [2.05, 4.69) is 13.8 Å². The van der Waals surface area contributed by atoms with Crippen LogP contribution >= 0.6 is 0 Å². The molecule has 0 aliphatic rings. The molecule has 0 radical (unpaired) electrons. The topological polar surface area (TPSA) is 74.7 Å². The molecule has 1 unspecified atom stereocenters. The molecule has 6 heteroatoms. The van der Waals surface area contributed by atoms with Crippen LogP contribution in [0.2, 0.25) is 0 Å². The second kappa shape index (κ2) is 7.56. The van der Waals surface area contributed by atoms with Gasteiger partial charge in [-0.05, 0) is 30.0 Å². The molecule has 0 aliphatic carbocycles. The lowest BCUT2D eigenvalue weighted by molar-refractivity contribution is -0.137. The molecule has 21 heavy (non-hydrogen) atoms. The zero-order valence-electron chi connectivity index (χ0n) is 12.7. The smallest absolute Gasteiger partial charge is 0.304 e. The summed E-state index contributed by atoms with van der Waals surface area (Å²) in [5.41, 5.74) is 1.10. The average Bonchev–Trinajstić information content (AvgIpc) is 2.46. The molecule has 0 heterocycles. The Bertz CT molecular complexity index is 566. The molecule has 5 nitrogen and oxygen atoms in total. The van der Waals surface area contributed by atoms with Crippen LogP contribution in [-0.2, 0) is 14.8 Å². The minimum absolute atomic E-state index is 0.0126. The Morgan fingerprint density at radius 1 is 1.24 bits per heavy atom. The van der Waals surface area contributed by atoms with Crippen LogP contribution in [0.1, 0.15) is 45.1 Å². The lowest BCUT2D eigenvalue weighted by Crippen LogP contribution is -2.32. The highest BCUT2D eigenvalue weighted by Gasteiger charge is 2.23. The Morgan fingerprint density at radius 3 is 2.24 bits per heavy atom. The number of carboxylic acid groups (broad SMARTS) is 1. The molecule has 0 aliphatic heterocycles. The van der Waals surface area contributed by atoms with Crippen molar-refractivity contribution in [3.63, 3.8) is 0 Å². The molecule has 0 bridgehead atoms. The minimum Gasteiger partial charge on any atom is -0.481 e. The van der Waals surface area contributed by atoms with Gasteiger partial charge < -0.3 is 5.11 Å². The number of sulfonamides is 1. The molecule has 1 N–H and O–H groups in total. The average molecular weight is 313 g/mol. The van der Waals surface area contributed by atoms with E-state index in [1.807, 2.05) is 12.1 Å². The van der Waals surface area contributed by atoms with Crippen LogP contribution in [0, 0.1) is 0 Å². The molecule has 1 aromatic rings. The van der Waals surface area contributed by atoms with E-state index < -0.39 is 16.0 Å². The van der Waals surface area contributed by atoms with Crippen molar-refractivity contribution in [2.24, 2.45) is 0 Å². The highest BCUT2D eigenvalue weighted by atomic mass is 32.2. The van der Waals surface area contributed by atoms with Gasteiger partial charge in [0.25, 0.3) is 0 Å². The number of carbonyl (C=O) groups is 1. The zero-order valence-corrected chi connectivity index (χ0v) is 13.6. The first-order valence-electron chi connectivity index (χ1n) is 7.14. The molecule has 0 aromatic heterocycles. The summed E-state index contributed by atoms with van der Waals surface area (Å²) in [7, 11) is -3.63. The number of nitrogens with zero attached hydrogens (tertiary/aromatic N) is 1. The highest BCUT2D eigenvalue weighted by Crippen LogP contribution is 2.22. The second-order valence-corrected chi connectivity index (χ2v) is 6.96. The van der Waals surface area contributed by atoms with Gasteiger partial charge >= 0.3 is 5.97 Å². The molecule has 0 spiro atoms. The van der Waals surface area contributed by atoms with Gasteiger partial charge in [-0.25, -0.2) is 8.42 Å². The van der Waals surface area contributed by atoms with Crippen molar-refractivity contribution < 1.29 is 18.3 Å². The maximum absolute atomic E-state index is 12.5. The van der Waals surface area contributed by atoms with Gasteiger partial charge in [0.1, 0.15) is 0 Å². The van der Waals surface area contributed by atoms with E-state index >= 15 is 0 Å². The zero-order chi connectivity index (χ0) is 16.0. The number of rotatable bonds is 8. The fourth-order valence-corrected chi connectivity index (χ4v) is 3.47. The van der Waals surface area contributed by atoms with Crippen molar-refractivity contribution in [3.05, 3.63) is 29.8 Å². The molecule has 1 aromatic carbocycles. The van der Waals surface area contributed by atoms with E-state index in [1.54, 1.807) is 19.1 Å². The summed E-state index contributed by atoms with van der Waals surface area (Å²) >= 11 is 0. The van der Waals surface area contributed by atoms with E-state index in [0.717, 1.165) is 12.0 Å². The summed E-state index contributed by atoms with van der Waals surface area (Å²) in [4.78, 5) is 10.8. The Labute approximate surface area is 126 Å². The van der Waals surface area contributed by atoms with Crippen molar-refractivity contribution in [2.45, 2.75) is 44.4 Å². The Morgan fingerprint density at radius 2 is 1.81 bits per heavy atom. The Kier molecular flexibility index (Phi) is 6.36. The van der Waals surface area contributed by atoms with Crippen LogP contribution in [-0.4, -0.2) is 36.9 Å². The van der Waals surface area contributed by atoms with Crippen LogP contribution in [0.3, 0.4) is 0 Å². The monoisotopic (exact) mass is 313 g/mol. The van der Waals surface area contributed by atoms with Gasteiger partial charge in [0.15, 0.2) is 0 Å². The van der Waals surface area contributed by atoms with E-state index in [9.17, 15) is 13.2 Å². The standard InChI is InChI=1S/C15H23NO4S/c1-4-12(3)13-6-8-14(9-7-13)21(19,20)16(5-2)11-10-15(17)18/h6-9,12H,4-5,10-11H2,1-3H3,(H,17,18). The quantitative estimate of drug-likeness (QED) is 0.800. The fourth-order valence-electron chi connectivity index (χ4n) is 2.02. The van der Waals surface area contributed by atoms with Gasteiger partial charge in [0, 0.05) is 13.1 Å². The highest BCUT2D eigenvalue weighted by molar-refractivity contribution is 7.89. The van der Waals surface area contributed by atoms with Crippen LogP contribution in [0.5, 0.6) is 0 Å². The van der Waals surface area contributed by atoms with E-state index in [0.29, 0.717) is 5.92 Å². The third-order valence-electron chi connectivity index (χ3n) is 3.63. The Hall–Kier alpha value is -1.40. The predicted octanol–water partition coefficient (Wildman–Crippen LogP) is 2.69. The summed E-state index contributed by atoms with van der Waals surface area (Å²) in [5, 5.41) is 8.70. The van der Waals surface area contributed by atoms with Crippen LogP contribution in [0.25, 0.3) is 0 Å². The normalized spacial score (nSPS) is 13.3. The van der Waals surface area contributed by atoms with Gasteiger partial charge in [0.2, 0.25) is 10.0 Å². The largest absolute Gasteiger partial charge is 0.481 e. The van der Waals surface area contributed by atoms with Crippen molar-refractivity contribution in [2.75, 3.05) is 13.1 Å².